The molecule has 1 aliphatic heterocycles. The summed E-state index contributed by atoms with van der Waals surface area (Å²) in [6, 6.07) is 6.02. The van der Waals surface area contributed by atoms with Crippen molar-refractivity contribution in [3.05, 3.63) is 23.8 Å². The van der Waals surface area contributed by atoms with E-state index >= 15 is 0 Å². The van der Waals surface area contributed by atoms with Gasteiger partial charge in [0, 0.05) is 26.2 Å². The van der Waals surface area contributed by atoms with Gasteiger partial charge >= 0.3 is 0 Å². The van der Waals surface area contributed by atoms with E-state index in [9.17, 15) is 5.11 Å². The molecule has 130 valence electrons. The summed E-state index contributed by atoms with van der Waals surface area (Å²) in [4.78, 5) is 2.31. The summed E-state index contributed by atoms with van der Waals surface area (Å²) >= 11 is 0. The van der Waals surface area contributed by atoms with E-state index in [1.807, 2.05) is 18.2 Å². The summed E-state index contributed by atoms with van der Waals surface area (Å²) in [5.74, 6) is 1.52. The lowest BCUT2D eigenvalue weighted by molar-refractivity contribution is 0.110. The van der Waals surface area contributed by atoms with Crippen molar-refractivity contribution in [3.8, 4) is 11.5 Å². The molecule has 0 bridgehead atoms. The molecule has 0 saturated carbocycles. The van der Waals surface area contributed by atoms with Crippen LogP contribution in [0.5, 0.6) is 11.5 Å². The van der Waals surface area contributed by atoms with Gasteiger partial charge in [-0.25, -0.2) is 0 Å². The van der Waals surface area contributed by atoms with Crippen LogP contribution in [-0.4, -0.2) is 56.5 Å². The first kappa shape index (κ1) is 18.0. The van der Waals surface area contributed by atoms with Crippen LogP contribution >= 0.6 is 0 Å². The fourth-order valence-corrected chi connectivity index (χ4v) is 2.97. The van der Waals surface area contributed by atoms with Crippen molar-refractivity contribution in [2.24, 2.45) is 0 Å². The summed E-state index contributed by atoms with van der Waals surface area (Å²) in [5, 5.41) is 13.2. The number of nitrogens with one attached hydrogen (secondary N) is 1. The lowest BCUT2D eigenvalue weighted by atomic mass is 10.0. The molecule has 0 amide bonds. The number of benzene rings is 1. The second kappa shape index (κ2) is 9.75. The Labute approximate surface area is 139 Å². The monoisotopic (exact) mass is 322 g/mol. The lowest BCUT2D eigenvalue weighted by Gasteiger charge is -2.34. The van der Waals surface area contributed by atoms with Crippen molar-refractivity contribution in [2.75, 3.05) is 46.5 Å². The van der Waals surface area contributed by atoms with Crippen LogP contribution in [0.25, 0.3) is 0 Å². The number of ether oxygens (including phenoxy) is 2. The van der Waals surface area contributed by atoms with Gasteiger partial charge in [-0.3, -0.25) is 4.90 Å². The zero-order valence-corrected chi connectivity index (χ0v) is 14.4. The molecule has 1 unspecified atom stereocenters. The lowest BCUT2D eigenvalue weighted by Crippen LogP contribution is -2.46. The SMILES string of the molecule is CCCCCOc1ccc(C(CO)N2CCNCC2)cc1OC. The molecule has 0 aliphatic carbocycles. The Bertz CT molecular complexity index is 462. The Hall–Kier alpha value is -1.30. The zero-order valence-electron chi connectivity index (χ0n) is 14.4. The molecule has 0 aromatic heterocycles. The third-order valence-corrected chi connectivity index (χ3v) is 4.34. The van der Waals surface area contributed by atoms with Gasteiger partial charge in [0.25, 0.3) is 0 Å². The standard InChI is InChI=1S/C18H30N2O3/c1-3-4-5-12-23-17-7-6-15(13-18(17)22-2)16(14-21)20-10-8-19-9-11-20/h6-7,13,16,19,21H,3-5,8-12,14H2,1-2H3. The normalized spacial score (nSPS) is 17.0. The van der Waals surface area contributed by atoms with E-state index in [2.05, 4.69) is 17.1 Å². The predicted octanol–water partition coefficient (Wildman–Crippen LogP) is 2.20. The number of aliphatic hydroxyl groups is 1. The van der Waals surface area contributed by atoms with E-state index in [0.717, 1.165) is 49.7 Å². The van der Waals surface area contributed by atoms with E-state index in [1.165, 1.54) is 12.8 Å². The largest absolute Gasteiger partial charge is 0.493 e. The summed E-state index contributed by atoms with van der Waals surface area (Å²) in [5.41, 5.74) is 1.08. The number of rotatable bonds is 9. The maximum Gasteiger partial charge on any atom is 0.161 e. The van der Waals surface area contributed by atoms with Gasteiger partial charge in [0.1, 0.15) is 0 Å². The molecule has 1 saturated heterocycles. The van der Waals surface area contributed by atoms with E-state index in [4.69, 9.17) is 9.47 Å². The maximum absolute atomic E-state index is 9.83. The molecule has 1 aromatic rings. The highest BCUT2D eigenvalue weighted by Crippen LogP contribution is 2.32. The number of hydrogen-bond donors (Lipinski definition) is 2. The quantitative estimate of drug-likeness (QED) is 0.683. The minimum Gasteiger partial charge on any atom is -0.493 e. The van der Waals surface area contributed by atoms with E-state index < -0.39 is 0 Å². The molecule has 5 nitrogen and oxygen atoms in total. The zero-order chi connectivity index (χ0) is 16.5. The highest BCUT2D eigenvalue weighted by molar-refractivity contribution is 5.44. The van der Waals surface area contributed by atoms with Gasteiger partial charge in [-0.05, 0) is 24.1 Å². The molecule has 2 rings (SSSR count). The Morgan fingerprint density at radius 2 is 2.00 bits per heavy atom. The van der Waals surface area contributed by atoms with Crippen molar-refractivity contribution < 1.29 is 14.6 Å². The Morgan fingerprint density at radius 3 is 2.65 bits per heavy atom. The summed E-state index contributed by atoms with van der Waals surface area (Å²) in [6.45, 7) is 6.83. The second-order valence-electron chi connectivity index (χ2n) is 5.95. The first-order valence-electron chi connectivity index (χ1n) is 8.66. The fourth-order valence-electron chi connectivity index (χ4n) is 2.97. The molecule has 0 spiro atoms. The topological polar surface area (TPSA) is 54.0 Å². The highest BCUT2D eigenvalue weighted by atomic mass is 16.5. The molecule has 1 fully saturated rings. The van der Waals surface area contributed by atoms with Crippen LogP contribution < -0.4 is 14.8 Å². The number of piperazine rings is 1. The van der Waals surface area contributed by atoms with Crippen LogP contribution in [0.1, 0.15) is 37.8 Å². The number of nitrogens with zero attached hydrogens (tertiary/aromatic N) is 1. The predicted molar refractivity (Wildman–Crippen MR) is 92.3 cm³/mol. The minimum absolute atomic E-state index is 0.0140. The van der Waals surface area contributed by atoms with Crippen LogP contribution in [0.3, 0.4) is 0 Å². The first-order chi connectivity index (χ1) is 11.3. The Kier molecular flexibility index (Phi) is 7.65. The van der Waals surface area contributed by atoms with Gasteiger partial charge in [0.2, 0.25) is 0 Å². The third-order valence-electron chi connectivity index (χ3n) is 4.34. The minimum atomic E-state index is 0.0140. The van der Waals surface area contributed by atoms with Crippen LogP contribution in [0, 0.1) is 0 Å². The highest BCUT2D eigenvalue weighted by Gasteiger charge is 2.22. The third kappa shape index (κ3) is 5.09. The van der Waals surface area contributed by atoms with Gasteiger partial charge in [0.15, 0.2) is 11.5 Å². The van der Waals surface area contributed by atoms with Crippen LogP contribution in [0.4, 0.5) is 0 Å². The molecular weight excluding hydrogens is 292 g/mol. The van der Waals surface area contributed by atoms with E-state index in [0.29, 0.717) is 6.61 Å². The summed E-state index contributed by atoms with van der Waals surface area (Å²) < 4.78 is 11.3. The first-order valence-corrected chi connectivity index (χ1v) is 8.66. The summed E-state index contributed by atoms with van der Waals surface area (Å²) in [6.07, 6.45) is 3.42. The number of methoxy groups -OCH3 is 1. The Morgan fingerprint density at radius 1 is 1.22 bits per heavy atom. The molecule has 1 heterocycles. The average Bonchev–Trinajstić information content (AvgIpc) is 2.61. The van der Waals surface area contributed by atoms with Crippen molar-refractivity contribution >= 4 is 0 Å². The maximum atomic E-state index is 9.83. The van der Waals surface area contributed by atoms with Crippen molar-refractivity contribution in [1.29, 1.82) is 0 Å². The van der Waals surface area contributed by atoms with Gasteiger partial charge < -0.3 is 19.9 Å². The van der Waals surface area contributed by atoms with E-state index in [-0.39, 0.29) is 12.6 Å². The van der Waals surface area contributed by atoms with Crippen molar-refractivity contribution in [2.45, 2.75) is 32.2 Å². The second-order valence-corrected chi connectivity index (χ2v) is 5.95. The van der Waals surface area contributed by atoms with Crippen molar-refractivity contribution in [1.82, 2.24) is 10.2 Å². The van der Waals surface area contributed by atoms with E-state index in [1.54, 1.807) is 7.11 Å². The molecule has 23 heavy (non-hydrogen) atoms. The molecule has 2 N–H and O–H groups in total. The molecule has 1 aliphatic rings. The van der Waals surface area contributed by atoms with Crippen molar-refractivity contribution in [3.63, 3.8) is 0 Å². The fraction of sp³-hybridized carbons (Fsp3) is 0.667. The molecule has 5 heteroatoms. The molecule has 1 atom stereocenters. The molecule has 1 aromatic carbocycles. The van der Waals surface area contributed by atoms with Gasteiger partial charge in [-0.15, -0.1) is 0 Å². The summed E-state index contributed by atoms with van der Waals surface area (Å²) in [7, 11) is 1.66. The van der Waals surface area contributed by atoms with Crippen LogP contribution in [-0.2, 0) is 0 Å². The number of aliphatic hydroxyl groups excluding tert-OH is 1. The van der Waals surface area contributed by atoms with Crippen LogP contribution in [0.15, 0.2) is 18.2 Å². The van der Waals surface area contributed by atoms with Crippen LogP contribution in [0.2, 0.25) is 0 Å². The van der Waals surface area contributed by atoms with Gasteiger partial charge in [-0.2, -0.15) is 0 Å². The molecular formula is C18H30N2O3. The average molecular weight is 322 g/mol. The number of hydrogen-bond acceptors (Lipinski definition) is 5. The number of unbranched alkanes of at least 4 members (excludes halogenated alkanes) is 2. The van der Waals surface area contributed by atoms with Gasteiger partial charge in [0.05, 0.1) is 26.4 Å². The van der Waals surface area contributed by atoms with Gasteiger partial charge in [-0.1, -0.05) is 25.8 Å². The smallest absolute Gasteiger partial charge is 0.161 e. The molecule has 0 radical (unpaired) electrons. The Balaban J connectivity index is 2.06.